The highest BCUT2D eigenvalue weighted by Crippen LogP contribution is 2.33. The van der Waals surface area contributed by atoms with Crippen molar-refractivity contribution >= 4 is 5.91 Å². The highest BCUT2D eigenvalue weighted by atomic mass is 16.8. The Bertz CT molecular complexity index is 1520. The van der Waals surface area contributed by atoms with E-state index in [2.05, 4.69) is 19.2 Å². The minimum Gasteiger partial charge on any atom is -0.394 e. The van der Waals surface area contributed by atoms with Crippen LogP contribution in [0.15, 0.2) is 0 Å². The number of carbonyl (C=O) groups is 1. The monoisotopic (exact) mass is 1190 g/mol. The Kier molecular flexibility index (Phi) is 43.7. The van der Waals surface area contributed by atoms with Crippen LogP contribution in [-0.4, -0.2) is 193 Å². The fourth-order valence-electron chi connectivity index (χ4n) is 11.9. The molecule has 0 saturated carbocycles. The van der Waals surface area contributed by atoms with Crippen LogP contribution in [0.25, 0.3) is 0 Å². The first-order valence-electron chi connectivity index (χ1n) is 33.8. The summed E-state index contributed by atoms with van der Waals surface area (Å²) >= 11 is 0. The maximum absolute atomic E-state index is 13.4. The van der Waals surface area contributed by atoms with Gasteiger partial charge in [-0.2, -0.15) is 0 Å². The summed E-state index contributed by atoms with van der Waals surface area (Å²) in [7, 11) is 0. The topological polar surface area (TPSA) is 307 Å². The Morgan fingerprint density at radius 3 is 1.05 bits per heavy atom. The van der Waals surface area contributed by atoms with E-state index in [0.29, 0.717) is 12.8 Å². The minimum atomic E-state index is -1.97. The van der Waals surface area contributed by atoms with E-state index >= 15 is 0 Å². The molecule has 17 atom stereocenters. The van der Waals surface area contributed by atoms with Crippen molar-refractivity contribution in [1.82, 2.24) is 5.32 Å². The average molecular weight is 1190 g/mol. The van der Waals surface area contributed by atoms with Gasteiger partial charge in [0.05, 0.1) is 38.6 Å². The molecular formula is C64H123NO18. The molecule has 3 aliphatic rings. The van der Waals surface area contributed by atoms with Crippen molar-refractivity contribution in [2.24, 2.45) is 0 Å². The SMILES string of the molecule is CCCCCCCCCCCCCCCCCCCCCCCCCCCC(=O)NC(COC1OC(CO)C(OC2OC(CO)C(OC3OC(CO)C(O)C(O)C3O)C(O)C2O)C(O)C1O)C(O)CCCCCCCCCCCCCCC. The predicted octanol–water partition coefficient (Wildman–Crippen LogP) is 7.94. The molecule has 3 rings (SSSR count). The summed E-state index contributed by atoms with van der Waals surface area (Å²) in [6, 6.07) is -0.880. The zero-order valence-electron chi connectivity index (χ0n) is 51.7. The van der Waals surface area contributed by atoms with Gasteiger partial charge in [-0.3, -0.25) is 4.79 Å². The number of nitrogens with one attached hydrogen (secondary N) is 1. The number of amides is 1. The van der Waals surface area contributed by atoms with Crippen LogP contribution in [0.4, 0.5) is 0 Å². The van der Waals surface area contributed by atoms with Crippen LogP contribution < -0.4 is 5.32 Å². The Hall–Kier alpha value is -1.21. The van der Waals surface area contributed by atoms with Gasteiger partial charge in [0.1, 0.15) is 73.2 Å². The number of ether oxygens (including phenoxy) is 6. The molecule has 17 unspecified atom stereocenters. The van der Waals surface area contributed by atoms with Crippen LogP contribution in [0.5, 0.6) is 0 Å². The lowest BCUT2D eigenvalue weighted by Gasteiger charge is -2.48. The van der Waals surface area contributed by atoms with Gasteiger partial charge in [0.25, 0.3) is 0 Å². The number of aliphatic hydroxyl groups is 11. The van der Waals surface area contributed by atoms with E-state index in [1.807, 2.05) is 0 Å². The zero-order valence-corrected chi connectivity index (χ0v) is 51.7. The second-order valence-electron chi connectivity index (χ2n) is 24.7. The van der Waals surface area contributed by atoms with Crippen molar-refractivity contribution in [3.63, 3.8) is 0 Å². The fourth-order valence-corrected chi connectivity index (χ4v) is 11.9. The molecule has 19 nitrogen and oxygen atoms in total. The molecule has 0 aromatic heterocycles. The highest BCUT2D eigenvalue weighted by Gasteiger charge is 2.53. The lowest BCUT2D eigenvalue weighted by Crippen LogP contribution is -2.66. The number of rotatable bonds is 52. The Morgan fingerprint density at radius 2 is 0.687 bits per heavy atom. The van der Waals surface area contributed by atoms with E-state index in [0.717, 1.165) is 44.9 Å². The first kappa shape index (κ1) is 76.0. The van der Waals surface area contributed by atoms with Gasteiger partial charge in [-0.05, 0) is 12.8 Å². The molecule has 3 heterocycles. The lowest BCUT2D eigenvalue weighted by atomic mass is 9.96. The standard InChI is InChI=1S/C64H123NO18/c1-3-5-7-9-11-13-15-17-18-19-20-21-22-23-24-25-26-27-28-30-32-34-36-38-40-42-52(70)65-47(48(69)41-39-37-35-33-31-29-16-14-12-10-8-6-4-2)46-78-62-58(76)55(73)60(50(44-67)80-62)83-64-59(77)56(74)61(51(45-68)81-64)82-63-57(75)54(72)53(71)49(43-66)79-63/h47-51,53-64,66-69,71-77H,3-46H2,1-2H3,(H,65,70). The molecule has 19 heteroatoms. The molecule has 0 aliphatic carbocycles. The molecule has 83 heavy (non-hydrogen) atoms. The summed E-state index contributed by atoms with van der Waals surface area (Å²) in [5.41, 5.74) is 0. The van der Waals surface area contributed by atoms with Gasteiger partial charge in [-0.1, -0.05) is 251 Å². The lowest BCUT2D eigenvalue weighted by molar-refractivity contribution is -0.379. The van der Waals surface area contributed by atoms with Crippen LogP contribution in [0, 0.1) is 0 Å². The van der Waals surface area contributed by atoms with Crippen molar-refractivity contribution < 1.29 is 89.4 Å². The minimum absolute atomic E-state index is 0.237. The third kappa shape index (κ3) is 30.7. The van der Waals surface area contributed by atoms with E-state index in [4.69, 9.17) is 28.4 Å². The summed E-state index contributed by atoms with van der Waals surface area (Å²) < 4.78 is 34.4. The van der Waals surface area contributed by atoms with Crippen molar-refractivity contribution in [3.05, 3.63) is 0 Å². The van der Waals surface area contributed by atoms with Gasteiger partial charge in [-0.15, -0.1) is 0 Å². The number of hydrogen-bond acceptors (Lipinski definition) is 18. The van der Waals surface area contributed by atoms with E-state index in [1.54, 1.807) is 0 Å². The molecule has 1 amide bonds. The Balaban J connectivity index is 1.41. The molecule has 3 aliphatic heterocycles. The average Bonchev–Trinajstić information content (AvgIpc) is 3.57. The van der Waals surface area contributed by atoms with E-state index < -0.39 is 124 Å². The van der Waals surface area contributed by atoms with Crippen molar-refractivity contribution in [2.75, 3.05) is 26.4 Å². The van der Waals surface area contributed by atoms with Gasteiger partial charge in [0.2, 0.25) is 5.91 Å². The second-order valence-corrected chi connectivity index (χ2v) is 24.7. The van der Waals surface area contributed by atoms with Crippen LogP contribution >= 0.6 is 0 Å². The normalized spacial score (nSPS) is 29.3. The molecule has 0 spiro atoms. The zero-order chi connectivity index (χ0) is 60.5. The van der Waals surface area contributed by atoms with Gasteiger partial charge in [-0.25, -0.2) is 0 Å². The fraction of sp³-hybridized carbons (Fsp3) is 0.984. The summed E-state index contributed by atoms with van der Waals surface area (Å²) in [5.74, 6) is -0.237. The van der Waals surface area contributed by atoms with Crippen LogP contribution in [0.2, 0.25) is 0 Å². The van der Waals surface area contributed by atoms with E-state index in [-0.39, 0.29) is 18.9 Å². The van der Waals surface area contributed by atoms with Gasteiger partial charge < -0.3 is 89.9 Å². The molecule has 0 radical (unpaired) electrons. The van der Waals surface area contributed by atoms with E-state index in [1.165, 1.54) is 193 Å². The number of aliphatic hydroxyl groups excluding tert-OH is 11. The molecule has 3 saturated heterocycles. The number of unbranched alkanes of at least 4 members (excludes halogenated alkanes) is 36. The number of carbonyl (C=O) groups excluding carboxylic acids is 1. The molecule has 492 valence electrons. The van der Waals surface area contributed by atoms with E-state index in [9.17, 15) is 61.0 Å². The van der Waals surface area contributed by atoms with Gasteiger partial charge >= 0.3 is 0 Å². The van der Waals surface area contributed by atoms with Gasteiger partial charge in [0.15, 0.2) is 18.9 Å². The maximum Gasteiger partial charge on any atom is 0.220 e. The van der Waals surface area contributed by atoms with Crippen molar-refractivity contribution in [3.8, 4) is 0 Å². The second kappa shape index (κ2) is 47.7. The maximum atomic E-state index is 13.4. The first-order chi connectivity index (χ1) is 40.3. The summed E-state index contributed by atoms with van der Waals surface area (Å²) in [6.45, 7) is 1.82. The summed E-state index contributed by atoms with van der Waals surface area (Å²) in [4.78, 5) is 13.4. The molecule has 0 bridgehead atoms. The van der Waals surface area contributed by atoms with Crippen molar-refractivity contribution in [2.45, 2.75) is 375 Å². The quantitative estimate of drug-likeness (QED) is 0.0257. The third-order valence-corrected chi connectivity index (χ3v) is 17.4. The smallest absolute Gasteiger partial charge is 0.220 e. The summed E-state index contributed by atoms with van der Waals surface area (Å²) in [5, 5.41) is 120. The molecule has 0 aromatic rings. The van der Waals surface area contributed by atoms with Gasteiger partial charge in [0, 0.05) is 6.42 Å². The van der Waals surface area contributed by atoms with Crippen molar-refractivity contribution in [1.29, 1.82) is 0 Å². The predicted molar refractivity (Wildman–Crippen MR) is 319 cm³/mol. The largest absolute Gasteiger partial charge is 0.394 e. The molecule has 0 aromatic carbocycles. The van der Waals surface area contributed by atoms with Crippen LogP contribution in [0.1, 0.15) is 271 Å². The Labute approximate surface area is 500 Å². The first-order valence-corrected chi connectivity index (χ1v) is 33.8. The van der Waals surface area contributed by atoms with Crippen LogP contribution in [0.3, 0.4) is 0 Å². The molecular weight excluding hydrogens is 1070 g/mol. The third-order valence-electron chi connectivity index (χ3n) is 17.4. The molecule has 3 fully saturated rings. The number of hydrogen-bond donors (Lipinski definition) is 12. The molecule has 12 N–H and O–H groups in total. The Morgan fingerprint density at radius 1 is 0.386 bits per heavy atom. The van der Waals surface area contributed by atoms with Crippen LogP contribution in [-0.2, 0) is 33.2 Å². The summed E-state index contributed by atoms with van der Waals surface area (Å²) in [6.07, 6.45) is 21.9. The highest BCUT2D eigenvalue weighted by molar-refractivity contribution is 5.76.